The minimum atomic E-state index is 0.823. The van der Waals surface area contributed by atoms with Gasteiger partial charge in [-0.15, -0.1) is 0 Å². The summed E-state index contributed by atoms with van der Waals surface area (Å²) in [5.41, 5.74) is 1.56. The molecule has 0 saturated heterocycles. The van der Waals surface area contributed by atoms with E-state index in [4.69, 9.17) is 0 Å². The Hall–Kier alpha value is -0.0500. The van der Waals surface area contributed by atoms with Crippen LogP contribution in [-0.4, -0.2) is 3.92 Å². The molecule has 1 fully saturated rings. The van der Waals surface area contributed by atoms with Crippen LogP contribution in [0.15, 0.2) is 30.3 Å². The average Bonchev–Trinajstić information content (AvgIpc) is 2.25. The molecule has 1 heteroatoms. The highest BCUT2D eigenvalue weighted by Gasteiger charge is 2.16. The van der Waals surface area contributed by atoms with Gasteiger partial charge in [-0.25, -0.2) is 0 Å². The Morgan fingerprint density at radius 2 is 1.60 bits per heavy atom. The second-order valence-corrected chi connectivity index (χ2v) is 6.33. The predicted molar refractivity (Wildman–Crippen MR) is 74.7 cm³/mol. The van der Waals surface area contributed by atoms with Crippen molar-refractivity contribution in [1.82, 2.24) is 0 Å². The van der Waals surface area contributed by atoms with E-state index < -0.39 is 0 Å². The van der Waals surface area contributed by atoms with Crippen molar-refractivity contribution in [3.05, 3.63) is 35.9 Å². The van der Waals surface area contributed by atoms with Crippen molar-refractivity contribution in [1.29, 1.82) is 0 Å². The lowest BCUT2D eigenvalue weighted by atomic mass is 9.86. The first-order chi connectivity index (χ1) is 7.36. The average molecular weight is 314 g/mol. The number of hydrogen-bond acceptors (Lipinski definition) is 0. The SMILES string of the molecule is IC1CCCCC(c2ccccc2)CC1. The third-order valence-corrected chi connectivity index (χ3v) is 4.66. The van der Waals surface area contributed by atoms with E-state index in [0.29, 0.717) is 0 Å². The lowest BCUT2D eigenvalue weighted by Gasteiger charge is -2.22. The fourth-order valence-electron chi connectivity index (χ4n) is 2.49. The topological polar surface area (TPSA) is 0 Å². The van der Waals surface area contributed by atoms with E-state index in [-0.39, 0.29) is 0 Å². The zero-order valence-corrected chi connectivity index (χ0v) is 11.3. The molecule has 1 aliphatic rings. The number of alkyl halides is 1. The summed E-state index contributed by atoms with van der Waals surface area (Å²) < 4.78 is 0.911. The van der Waals surface area contributed by atoms with Crippen LogP contribution in [0.3, 0.4) is 0 Å². The monoisotopic (exact) mass is 314 g/mol. The molecule has 2 rings (SSSR count). The molecule has 0 aromatic heterocycles. The van der Waals surface area contributed by atoms with Gasteiger partial charge in [0, 0.05) is 3.92 Å². The first-order valence-corrected chi connectivity index (χ1v) is 7.30. The lowest BCUT2D eigenvalue weighted by Crippen LogP contribution is -2.08. The van der Waals surface area contributed by atoms with E-state index in [2.05, 4.69) is 52.9 Å². The Labute approximate surface area is 107 Å². The maximum Gasteiger partial charge on any atom is 0.0110 e. The summed E-state index contributed by atoms with van der Waals surface area (Å²) in [4.78, 5) is 0. The maximum absolute atomic E-state index is 2.63. The van der Waals surface area contributed by atoms with Crippen LogP contribution >= 0.6 is 22.6 Å². The van der Waals surface area contributed by atoms with Crippen molar-refractivity contribution in [2.24, 2.45) is 0 Å². The molecule has 82 valence electrons. The molecule has 0 nitrogen and oxygen atoms in total. The molecule has 2 unspecified atom stereocenters. The smallest absolute Gasteiger partial charge is 0.0110 e. The number of benzene rings is 1. The summed E-state index contributed by atoms with van der Waals surface area (Å²) in [5.74, 6) is 0.823. The summed E-state index contributed by atoms with van der Waals surface area (Å²) in [6, 6.07) is 11.1. The summed E-state index contributed by atoms with van der Waals surface area (Å²) >= 11 is 2.63. The second-order valence-electron chi connectivity index (χ2n) is 4.57. The first-order valence-electron chi connectivity index (χ1n) is 6.05. The largest absolute Gasteiger partial charge is 0.0826 e. The Bertz CT molecular complexity index is 281. The predicted octanol–water partition coefficient (Wildman–Crippen LogP) is 4.93. The highest BCUT2D eigenvalue weighted by atomic mass is 127. The van der Waals surface area contributed by atoms with Gasteiger partial charge >= 0.3 is 0 Å². The van der Waals surface area contributed by atoms with E-state index >= 15 is 0 Å². The number of hydrogen-bond donors (Lipinski definition) is 0. The van der Waals surface area contributed by atoms with Gasteiger partial charge in [0.1, 0.15) is 0 Å². The third kappa shape index (κ3) is 3.47. The molecule has 0 bridgehead atoms. The Morgan fingerprint density at radius 3 is 2.40 bits per heavy atom. The normalized spacial score (nSPS) is 28.1. The Morgan fingerprint density at radius 1 is 0.867 bits per heavy atom. The van der Waals surface area contributed by atoms with Crippen LogP contribution in [0.5, 0.6) is 0 Å². The molecule has 0 N–H and O–H groups in total. The van der Waals surface area contributed by atoms with Gasteiger partial charge in [0.25, 0.3) is 0 Å². The molecule has 15 heavy (non-hydrogen) atoms. The second kappa shape index (κ2) is 5.88. The van der Waals surface area contributed by atoms with E-state index in [1.54, 1.807) is 5.56 Å². The fraction of sp³-hybridized carbons (Fsp3) is 0.571. The minimum Gasteiger partial charge on any atom is -0.0826 e. The van der Waals surface area contributed by atoms with E-state index in [1.165, 1.54) is 38.5 Å². The van der Waals surface area contributed by atoms with Gasteiger partial charge in [-0.05, 0) is 37.2 Å². The van der Waals surface area contributed by atoms with Crippen molar-refractivity contribution >= 4 is 22.6 Å². The molecule has 1 saturated carbocycles. The molecule has 0 amide bonds. The highest BCUT2D eigenvalue weighted by Crippen LogP contribution is 2.32. The summed E-state index contributed by atoms with van der Waals surface area (Å²) in [5, 5.41) is 0. The summed E-state index contributed by atoms with van der Waals surface area (Å²) in [6.07, 6.45) is 8.46. The zero-order valence-electron chi connectivity index (χ0n) is 9.16. The van der Waals surface area contributed by atoms with Crippen molar-refractivity contribution in [3.8, 4) is 0 Å². The molecule has 1 aromatic carbocycles. The zero-order chi connectivity index (χ0) is 10.5. The van der Waals surface area contributed by atoms with Gasteiger partial charge in [-0.1, -0.05) is 65.8 Å². The number of halogens is 1. The van der Waals surface area contributed by atoms with Gasteiger partial charge < -0.3 is 0 Å². The highest BCUT2D eigenvalue weighted by molar-refractivity contribution is 14.1. The molecule has 0 aliphatic heterocycles. The van der Waals surface area contributed by atoms with Crippen molar-refractivity contribution in [2.75, 3.05) is 0 Å². The fourth-order valence-corrected chi connectivity index (χ4v) is 3.29. The first kappa shape index (κ1) is 11.4. The lowest BCUT2D eigenvalue weighted by molar-refractivity contribution is 0.469. The minimum absolute atomic E-state index is 0.823. The molecule has 0 radical (unpaired) electrons. The maximum atomic E-state index is 2.63. The van der Waals surface area contributed by atoms with E-state index in [1.807, 2.05) is 0 Å². The van der Waals surface area contributed by atoms with Crippen LogP contribution in [0.1, 0.15) is 50.0 Å². The van der Waals surface area contributed by atoms with Crippen LogP contribution in [0, 0.1) is 0 Å². The van der Waals surface area contributed by atoms with Crippen LogP contribution in [0.4, 0.5) is 0 Å². The Kier molecular flexibility index (Phi) is 4.48. The quantitative estimate of drug-likeness (QED) is 0.509. The van der Waals surface area contributed by atoms with Crippen LogP contribution < -0.4 is 0 Å². The van der Waals surface area contributed by atoms with Gasteiger partial charge in [0.05, 0.1) is 0 Å². The van der Waals surface area contributed by atoms with E-state index in [9.17, 15) is 0 Å². The van der Waals surface area contributed by atoms with Gasteiger partial charge in [0.2, 0.25) is 0 Å². The van der Waals surface area contributed by atoms with Crippen molar-refractivity contribution in [3.63, 3.8) is 0 Å². The van der Waals surface area contributed by atoms with Crippen LogP contribution in [0.25, 0.3) is 0 Å². The van der Waals surface area contributed by atoms with Gasteiger partial charge in [-0.2, -0.15) is 0 Å². The standard InChI is InChI=1S/C14H19I/c15-14-9-5-4-8-13(10-11-14)12-6-2-1-3-7-12/h1-3,6-7,13-14H,4-5,8-11H2. The van der Waals surface area contributed by atoms with Crippen LogP contribution in [-0.2, 0) is 0 Å². The molecular formula is C14H19I. The third-order valence-electron chi connectivity index (χ3n) is 3.42. The molecule has 2 atom stereocenters. The molecule has 0 spiro atoms. The van der Waals surface area contributed by atoms with Crippen LogP contribution in [0.2, 0.25) is 0 Å². The van der Waals surface area contributed by atoms with Gasteiger partial charge in [-0.3, -0.25) is 0 Å². The summed E-state index contributed by atoms with van der Waals surface area (Å²) in [6.45, 7) is 0. The van der Waals surface area contributed by atoms with Crippen molar-refractivity contribution in [2.45, 2.75) is 48.4 Å². The molecule has 1 aromatic rings. The van der Waals surface area contributed by atoms with Gasteiger partial charge in [0.15, 0.2) is 0 Å². The Balaban J connectivity index is 2.01. The van der Waals surface area contributed by atoms with Crippen molar-refractivity contribution < 1.29 is 0 Å². The number of rotatable bonds is 1. The molecule has 1 aliphatic carbocycles. The van der Waals surface area contributed by atoms with E-state index in [0.717, 1.165) is 9.84 Å². The summed E-state index contributed by atoms with van der Waals surface area (Å²) in [7, 11) is 0. The molecular weight excluding hydrogens is 295 g/mol. The molecule has 0 heterocycles.